The van der Waals surface area contributed by atoms with Crippen molar-refractivity contribution in [1.29, 1.82) is 0 Å². The molecule has 0 heteroatoms. The molecular weight excluding hydrogens is 252 g/mol. The molecule has 0 nitrogen and oxygen atoms in total. The van der Waals surface area contributed by atoms with Crippen molar-refractivity contribution in [3.05, 3.63) is 26.0 Å². The van der Waals surface area contributed by atoms with Gasteiger partial charge in [0.2, 0.25) is 0 Å². The number of allylic oxidation sites excluding steroid dienone is 2. The Kier molecular flexibility index (Phi) is 17.6. The molecule has 0 aromatic carbocycles. The van der Waals surface area contributed by atoms with Crippen molar-refractivity contribution in [2.75, 3.05) is 0 Å². The van der Waals surface area contributed by atoms with Gasteiger partial charge in [0.1, 0.15) is 0 Å². The zero-order valence-electron chi connectivity index (χ0n) is 14.8. The fourth-order valence-electron chi connectivity index (χ4n) is 2.98. The lowest BCUT2D eigenvalue weighted by atomic mass is 9.92. The summed E-state index contributed by atoms with van der Waals surface area (Å²) in [4.78, 5) is 0. The highest BCUT2D eigenvalue weighted by molar-refractivity contribution is 4.81. The number of hydrogen-bond donors (Lipinski definition) is 0. The quantitative estimate of drug-likeness (QED) is 0.202. The normalized spacial score (nSPS) is 13.1. The first kappa shape index (κ1) is 20.7. The van der Waals surface area contributed by atoms with E-state index in [2.05, 4.69) is 32.9 Å². The third-order valence-corrected chi connectivity index (χ3v) is 4.51. The van der Waals surface area contributed by atoms with E-state index in [-0.39, 0.29) is 0 Å². The van der Waals surface area contributed by atoms with Crippen molar-refractivity contribution in [2.24, 2.45) is 5.92 Å². The standard InChI is InChI=1S/C21H40/c1-4-7-9-11-13-15-17-19-21(6-3)20-18-16-14-12-10-8-5-2/h7,9,21H,1-2,4-6,8,10-20H2,3H3. The monoisotopic (exact) mass is 292 g/mol. The number of unbranched alkanes of at least 4 members (excludes halogenated alkanes) is 9. The van der Waals surface area contributed by atoms with E-state index in [0.717, 1.165) is 18.8 Å². The van der Waals surface area contributed by atoms with Crippen LogP contribution in [0.4, 0.5) is 0 Å². The Balaban J connectivity index is 3.35. The molecule has 1 unspecified atom stereocenters. The Labute approximate surface area is 135 Å². The van der Waals surface area contributed by atoms with E-state index in [9.17, 15) is 0 Å². The van der Waals surface area contributed by atoms with Crippen molar-refractivity contribution in [2.45, 2.75) is 103 Å². The fraction of sp³-hybridized carbons (Fsp3) is 0.810. The van der Waals surface area contributed by atoms with Crippen LogP contribution in [0.2, 0.25) is 0 Å². The van der Waals surface area contributed by atoms with Gasteiger partial charge in [-0.3, -0.25) is 0 Å². The maximum atomic E-state index is 3.90. The minimum Gasteiger partial charge on any atom is -0.0885 e. The van der Waals surface area contributed by atoms with E-state index in [0.29, 0.717) is 0 Å². The van der Waals surface area contributed by atoms with Gasteiger partial charge < -0.3 is 0 Å². The Morgan fingerprint density at radius 1 is 0.714 bits per heavy atom. The van der Waals surface area contributed by atoms with E-state index in [1.54, 1.807) is 0 Å². The van der Waals surface area contributed by atoms with E-state index in [4.69, 9.17) is 0 Å². The van der Waals surface area contributed by atoms with Gasteiger partial charge in [0.25, 0.3) is 0 Å². The number of rotatable bonds is 16. The molecular formula is C21H40. The van der Waals surface area contributed by atoms with Crippen molar-refractivity contribution in [1.82, 2.24) is 0 Å². The molecule has 0 aliphatic heterocycles. The van der Waals surface area contributed by atoms with Crippen LogP contribution < -0.4 is 0 Å². The average Bonchev–Trinajstić information content (AvgIpc) is 2.51. The first-order valence-electron chi connectivity index (χ1n) is 9.58. The van der Waals surface area contributed by atoms with Gasteiger partial charge in [-0.05, 0) is 32.1 Å². The maximum absolute atomic E-state index is 3.90. The summed E-state index contributed by atoms with van der Waals surface area (Å²) in [5.74, 6) is 0.986. The molecule has 0 bridgehead atoms. The highest BCUT2D eigenvalue weighted by Gasteiger charge is 2.05. The Morgan fingerprint density at radius 2 is 1.29 bits per heavy atom. The summed E-state index contributed by atoms with van der Waals surface area (Å²) < 4.78 is 0. The van der Waals surface area contributed by atoms with E-state index in [1.165, 1.54) is 83.5 Å². The van der Waals surface area contributed by atoms with E-state index < -0.39 is 0 Å². The molecule has 21 heavy (non-hydrogen) atoms. The van der Waals surface area contributed by atoms with E-state index >= 15 is 0 Å². The molecule has 2 radical (unpaired) electrons. The SMILES string of the molecule is [CH2]CC=CCCCCCC(CC)CCCCCCCC[CH2]. The van der Waals surface area contributed by atoms with Gasteiger partial charge in [-0.25, -0.2) is 0 Å². The van der Waals surface area contributed by atoms with Gasteiger partial charge in [-0.2, -0.15) is 0 Å². The molecule has 0 N–H and O–H groups in total. The summed E-state index contributed by atoms with van der Waals surface area (Å²) >= 11 is 0. The lowest BCUT2D eigenvalue weighted by Gasteiger charge is -2.14. The fourth-order valence-corrected chi connectivity index (χ4v) is 2.98. The summed E-state index contributed by atoms with van der Waals surface area (Å²) in [6.45, 7) is 10.1. The van der Waals surface area contributed by atoms with Crippen LogP contribution in [-0.2, 0) is 0 Å². The second kappa shape index (κ2) is 17.8. The van der Waals surface area contributed by atoms with Gasteiger partial charge in [0, 0.05) is 0 Å². The van der Waals surface area contributed by atoms with Gasteiger partial charge in [-0.15, -0.1) is 0 Å². The summed E-state index contributed by atoms with van der Waals surface area (Å²) in [5, 5.41) is 0. The smallest absolute Gasteiger partial charge is 0.0351 e. The zero-order chi connectivity index (χ0) is 15.6. The van der Waals surface area contributed by atoms with Crippen LogP contribution in [-0.4, -0.2) is 0 Å². The van der Waals surface area contributed by atoms with Crippen molar-refractivity contribution in [3.8, 4) is 0 Å². The molecule has 124 valence electrons. The minimum atomic E-state index is 0.938. The molecule has 1 atom stereocenters. The molecule has 0 fully saturated rings. The number of hydrogen-bond acceptors (Lipinski definition) is 0. The first-order valence-corrected chi connectivity index (χ1v) is 9.58. The maximum Gasteiger partial charge on any atom is -0.0351 e. The molecule has 0 spiro atoms. The van der Waals surface area contributed by atoms with Gasteiger partial charge >= 0.3 is 0 Å². The van der Waals surface area contributed by atoms with Gasteiger partial charge in [-0.1, -0.05) is 103 Å². The summed E-state index contributed by atoms with van der Waals surface area (Å²) in [6, 6.07) is 0. The highest BCUT2D eigenvalue weighted by Crippen LogP contribution is 2.21. The zero-order valence-corrected chi connectivity index (χ0v) is 14.8. The first-order chi connectivity index (χ1) is 10.3. The molecule has 0 aromatic rings. The second-order valence-corrected chi connectivity index (χ2v) is 6.44. The van der Waals surface area contributed by atoms with Crippen LogP contribution >= 0.6 is 0 Å². The molecule has 0 saturated heterocycles. The lowest BCUT2D eigenvalue weighted by molar-refractivity contribution is 0.395. The van der Waals surface area contributed by atoms with Gasteiger partial charge in [0.15, 0.2) is 0 Å². The predicted octanol–water partition coefficient (Wildman–Crippen LogP) is 7.70. The van der Waals surface area contributed by atoms with Crippen LogP contribution in [0.15, 0.2) is 12.2 Å². The lowest BCUT2D eigenvalue weighted by Crippen LogP contribution is -1.99. The van der Waals surface area contributed by atoms with Crippen LogP contribution in [0.3, 0.4) is 0 Å². The third kappa shape index (κ3) is 15.9. The molecule has 0 aromatic heterocycles. The third-order valence-electron chi connectivity index (χ3n) is 4.51. The largest absolute Gasteiger partial charge is 0.0885 e. The van der Waals surface area contributed by atoms with E-state index in [1.807, 2.05) is 0 Å². The topological polar surface area (TPSA) is 0 Å². The van der Waals surface area contributed by atoms with Crippen molar-refractivity contribution in [3.63, 3.8) is 0 Å². The van der Waals surface area contributed by atoms with Crippen LogP contribution in [0.5, 0.6) is 0 Å². The molecule has 0 amide bonds. The molecule has 0 aliphatic carbocycles. The Bertz CT molecular complexity index is 204. The van der Waals surface area contributed by atoms with Crippen molar-refractivity contribution >= 4 is 0 Å². The predicted molar refractivity (Wildman–Crippen MR) is 98.3 cm³/mol. The Morgan fingerprint density at radius 3 is 1.86 bits per heavy atom. The molecule has 0 aliphatic rings. The average molecular weight is 293 g/mol. The summed E-state index contributed by atoms with van der Waals surface area (Å²) in [5.41, 5.74) is 0. The summed E-state index contributed by atoms with van der Waals surface area (Å²) in [7, 11) is 0. The summed E-state index contributed by atoms with van der Waals surface area (Å²) in [6.07, 6.45) is 24.8. The minimum absolute atomic E-state index is 0.938. The molecule has 0 rings (SSSR count). The van der Waals surface area contributed by atoms with Crippen molar-refractivity contribution < 1.29 is 0 Å². The Hall–Kier alpha value is -0.260. The van der Waals surface area contributed by atoms with Crippen LogP contribution in [0.1, 0.15) is 103 Å². The second-order valence-electron chi connectivity index (χ2n) is 6.44. The highest BCUT2D eigenvalue weighted by atomic mass is 14.1. The molecule has 0 saturated carbocycles. The molecule has 0 heterocycles. The van der Waals surface area contributed by atoms with Gasteiger partial charge in [0.05, 0.1) is 0 Å². The van der Waals surface area contributed by atoms with Crippen LogP contribution in [0.25, 0.3) is 0 Å². The van der Waals surface area contributed by atoms with Crippen LogP contribution in [0, 0.1) is 19.8 Å².